The molecule has 2 aromatic heterocycles. The van der Waals surface area contributed by atoms with Crippen LogP contribution in [0.3, 0.4) is 0 Å². The zero-order valence-electron chi connectivity index (χ0n) is 21.8. The molecule has 1 aliphatic heterocycles. The Balaban J connectivity index is 1.53. The molecule has 0 spiro atoms. The molecule has 0 radical (unpaired) electrons. The molecule has 3 N–H and O–H groups in total. The maximum absolute atomic E-state index is 12.2. The van der Waals surface area contributed by atoms with Crippen LogP contribution in [-0.2, 0) is 6.54 Å². The first-order valence-electron chi connectivity index (χ1n) is 12.8. The van der Waals surface area contributed by atoms with Crippen LogP contribution < -0.4 is 20.7 Å². The number of carbonyl (C=O) groups is 2. The molecule has 0 aliphatic carbocycles. The van der Waals surface area contributed by atoms with Crippen molar-refractivity contribution < 1.29 is 14.3 Å². The summed E-state index contributed by atoms with van der Waals surface area (Å²) in [5.74, 6) is 1.57. The molecule has 4 amide bonds. The van der Waals surface area contributed by atoms with Gasteiger partial charge in [0.1, 0.15) is 23.6 Å². The summed E-state index contributed by atoms with van der Waals surface area (Å²) in [6.45, 7) is 4.62. The molecule has 0 bridgehead atoms. The molecule has 0 unspecified atom stereocenters. The quantitative estimate of drug-likeness (QED) is 0.357. The molecule has 1 aliphatic rings. The standard InChI is InChI=1S/C27H32N8O3/c1-4-38-21-8-7-18-13-20(6-5-19(18)14-21)23-22-24(32-26(36)28-2)30-16-31-25(22)35(33-23)15-17-9-11-34(12-10-17)27(37)29-3/h5-8,13-14,16-17H,4,9-12,15H2,1-3H3,(H,29,37)(H2,28,30,31,32,36). The van der Waals surface area contributed by atoms with Gasteiger partial charge >= 0.3 is 12.1 Å². The fraction of sp³-hybridized carbons (Fsp3) is 0.370. The molecule has 11 nitrogen and oxygen atoms in total. The number of hydrogen-bond acceptors (Lipinski definition) is 6. The van der Waals surface area contributed by atoms with Gasteiger partial charge in [-0.3, -0.25) is 5.32 Å². The minimum absolute atomic E-state index is 0.0439. The second kappa shape index (κ2) is 10.9. The van der Waals surface area contributed by atoms with Crippen molar-refractivity contribution in [1.29, 1.82) is 0 Å². The zero-order valence-corrected chi connectivity index (χ0v) is 21.8. The lowest BCUT2D eigenvalue weighted by Gasteiger charge is -2.31. The van der Waals surface area contributed by atoms with E-state index in [2.05, 4.69) is 32.0 Å². The van der Waals surface area contributed by atoms with Gasteiger partial charge in [0.25, 0.3) is 0 Å². The molecule has 5 rings (SSSR count). The number of amides is 4. The van der Waals surface area contributed by atoms with Crippen molar-refractivity contribution in [2.45, 2.75) is 26.3 Å². The van der Waals surface area contributed by atoms with Gasteiger partial charge in [0, 0.05) is 39.3 Å². The van der Waals surface area contributed by atoms with Gasteiger partial charge in [-0.05, 0) is 54.7 Å². The number of rotatable bonds is 6. The van der Waals surface area contributed by atoms with Crippen molar-refractivity contribution in [3.05, 3.63) is 42.7 Å². The lowest BCUT2D eigenvalue weighted by Crippen LogP contribution is -2.43. The van der Waals surface area contributed by atoms with Crippen LogP contribution >= 0.6 is 0 Å². The average Bonchev–Trinajstić information content (AvgIpc) is 3.32. The van der Waals surface area contributed by atoms with E-state index in [1.807, 2.05) is 46.8 Å². The van der Waals surface area contributed by atoms with Crippen molar-refractivity contribution in [2.24, 2.45) is 5.92 Å². The van der Waals surface area contributed by atoms with Crippen LogP contribution in [0, 0.1) is 5.92 Å². The average molecular weight is 517 g/mol. The highest BCUT2D eigenvalue weighted by Crippen LogP contribution is 2.34. The fourth-order valence-electron chi connectivity index (χ4n) is 4.95. The predicted octanol–water partition coefficient (Wildman–Crippen LogP) is 3.85. The summed E-state index contributed by atoms with van der Waals surface area (Å²) < 4.78 is 7.55. The SMILES string of the molecule is CCOc1ccc2cc(-c3nn(CC4CCN(C(=O)NC)CC4)c4ncnc(NC(=O)NC)c34)ccc2c1. The van der Waals surface area contributed by atoms with Crippen LogP contribution in [0.5, 0.6) is 5.75 Å². The second-order valence-electron chi connectivity index (χ2n) is 9.30. The molecule has 198 valence electrons. The summed E-state index contributed by atoms with van der Waals surface area (Å²) in [7, 11) is 3.21. The van der Waals surface area contributed by atoms with Crippen molar-refractivity contribution >= 4 is 39.7 Å². The van der Waals surface area contributed by atoms with E-state index in [0.717, 1.165) is 34.9 Å². The number of piperidine rings is 1. The minimum atomic E-state index is -0.368. The molecule has 11 heteroatoms. The largest absolute Gasteiger partial charge is 0.494 e. The minimum Gasteiger partial charge on any atom is -0.494 e. The maximum atomic E-state index is 12.2. The summed E-state index contributed by atoms with van der Waals surface area (Å²) in [6.07, 6.45) is 3.19. The number of carbonyl (C=O) groups excluding carboxylic acids is 2. The van der Waals surface area contributed by atoms with Crippen LogP contribution in [0.4, 0.5) is 15.4 Å². The van der Waals surface area contributed by atoms with E-state index in [4.69, 9.17) is 9.84 Å². The molecule has 2 aromatic carbocycles. The molecular formula is C27H32N8O3. The lowest BCUT2D eigenvalue weighted by atomic mass is 9.97. The first-order valence-corrected chi connectivity index (χ1v) is 12.8. The normalized spacial score (nSPS) is 14.0. The molecule has 0 saturated carbocycles. The Morgan fingerprint density at radius 1 is 1.03 bits per heavy atom. The van der Waals surface area contributed by atoms with Gasteiger partial charge in [0.2, 0.25) is 0 Å². The highest BCUT2D eigenvalue weighted by atomic mass is 16.5. The Labute approximate surface area is 220 Å². The van der Waals surface area contributed by atoms with E-state index in [1.165, 1.54) is 6.33 Å². The van der Waals surface area contributed by atoms with Crippen LogP contribution in [0.1, 0.15) is 19.8 Å². The van der Waals surface area contributed by atoms with E-state index >= 15 is 0 Å². The molecule has 4 aromatic rings. The van der Waals surface area contributed by atoms with Crippen molar-refractivity contribution in [3.63, 3.8) is 0 Å². The van der Waals surface area contributed by atoms with Gasteiger partial charge in [-0.2, -0.15) is 5.10 Å². The smallest absolute Gasteiger partial charge is 0.320 e. The number of likely N-dealkylation sites (tertiary alicyclic amines) is 1. The Morgan fingerprint density at radius 3 is 2.53 bits per heavy atom. The highest BCUT2D eigenvalue weighted by molar-refractivity contribution is 6.05. The van der Waals surface area contributed by atoms with Gasteiger partial charge in [0.05, 0.1) is 12.0 Å². The Kier molecular flexibility index (Phi) is 7.25. The van der Waals surface area contributed by atoms with E-state index in [9.17, 15) is 9.59 Å². The number of nitrogens with one attached hydrogen (secondary N) is 3. The first kappa shape index (κ1) is 25.2. The van der Waals surface area contributed by atoms with Gasteiger partial charge in [0.15, 0.2) is 5.65 Å². The summed E-state index contributed by atoms with van der Waals surface area (Å²) in [6, 6.07) is 11.7. The van der Waals surface area contributed by atoms with Crippen LogP contribution in [0.25, 0.3) is 33.1 Å². The maximum Gasteiger partial charge on any atom is 0.320 e. The topological polar surface area (TPSA) is 126 Å². The molecular weight excluding hydrogens is 484 g/mol. The fourth-order valence-corrected chi connectivity index (χ4v) is 4.95. The second-order valence-corrected chi connectivity index (χ2v) is 9.30. The lowest BCUT2D eigenvalue weighted by molar-refractivity contribution is 0.166. The molecule has 3 heterocycles. The van der Waals surface area contributed by atoms with Gasteiger partial charge in [-0.1, -0.05) is 18.2 Å². The number of ether oxygens (including phenoxy) is 1. The van der Waals surface area contributed by atoms with Crippen molar-refractivity contribution in [1.82, 2.24) is 35.3 Å². The van der Waals surface area contributed by atoms with E-state index in [-0.39, 0.29) is 12.1 Å². The number of benzene rings is 2. The van der Waals surface area contributed by atoms with Crippen LogP contribution in [0.15, 0.2) is 42.7 Å². The van der Waals surface area contributed by atoms with Gasteiger partial charge in [-0.25, -0.2) is 24.2 Å². The number of nitrogens with zero attached hydrogens (tertiary/aromatic N) is 5. The third-order valence-electron chi connectivity index (χ3n) is 6.93. The number of urea groups is 2. The van der Waals surface area contributed by atoms with Crippen LogP contribution in [-0.4, -0.2) is 70.5 Å². The summed E-state index contributed by atoms with van der Waals surface area (Å²) in [5.41, 5.74) is 2.25. The molecule has 38 heavy (non-hydrogen) atoms. The Morgan fingerprint density at radius 2 is 1.79 bits per heavy atom. The van der Waals surface area contributed by atoms with Crippen molar-refractivity contribution in [3.8, 4) is 17.0 Å². The molecule has 1 saturated heterocycles. The van der Waals surface area contributed by atoms with E-state index < -0.39 is 0 Å². The molecule has 0 atom stereocenters. The number of fused-ring (bicyclic) bond motifs is 2. The number of anilines is 1. The Bertz CT molecular complexity index is 1480. The van der Waals surface area contributed by atoms with Gasteiger partial charge in [-0.15, -0.1) is 0 Å². The van der Waals surface area contributed by atoms with E-state index in [0.29, 0.717) is 54.7 Å². The third kappa shape index (κ3) is 5.04. The van der Waals surface area contributed by atoms with Gasteiger partial charge < -0.3 is 20.3 Å². The summed E-state index contributed by atoms with van der Waals surface area (Å²) in [4.78, 5) is 35.0. The van der Waals surface area contributed by atoms with Crippen molar-refractivity contribution in [2.75, 3.05) is 39.1 Å². The third-order valence-corrected chi connectivity index (χ3v) is 6.93. The predicted molar refractivity (Wildman–Crippen MR) is 146 cm³/mol. The summed E-state index contributed by atoms with van der Waals surface area (Å²) in [5, 5.41) is 15.9. The highest BCUT2D eigenvalue weighted by Gasteiger charge is 2.25. The summed E-state index contributed by atoms with van der Waals surface area (Å²) >= 11 is 0. The van der Waals surface area contributed by atoms with E-state index in [1.54, 1.807) is 14.1 Å². The molecule has 1 fully saturated rings. The first-order chi connectivity index (χ1) is 18.5. The Hall–Kier alpha value is -4.41. The van der Waals surface area contributed by atoms with Crippen LogP contribution in [0.2, 0.25) is 0 Å². The number of aromatic nitrogens is 4. The monoisotopic (exact) mass is 516 g/mol. The number of hydrogen-bond donors (Lipinski definition) is 3. The zero-order chi connectivity index (χ0) is 26.6.